The Labute approximate surface area is 140 Å². The van der Waals surface area contributed by atoms with Crippen LogP contribution >= 0.6 is 11.6 Å². The molecule has 0 aliphatic carbocycles. The number of alkyl halides is 3. The molecule has 1 heterocycles. The van der Waals surface area contributed by atoms with Gasteiger partial charge in [0.15, 0.2) is 0 Å². The first-order chi connectivity index (χ1) is 11.3. The monoisotopic (exact) mass is 352 g/mol. The third kappa shape index (κ3) is 2.85. The summed E-state index contributed by atoms with van der Waals surface area (Å²) in [5.74, 6) is -0.638. The van der Waals surface area contributed by atoms with Crippen molar-refractivity contribution in [1.29, 1.82) is 0 Å². The number of carbonyl (C=O) groups excluding carboxylic acids is 1. The van der Waals surface area contributed by atoms with Gasteiger partial charge in [0.1, 0.15) is 5.69 Å². The van der Waals surface area contributed by atoms with Crippen molar-refractivity contribution in [2.24, 2.45) is 7.05 Å². The quantitative estimate of drug-likeness (QED) is 0.683. The Hall–Kier alpha value is -2.47. The molecule has 0 aliphatic rings. The van der Waals surface area contributed by atoms with Gasteiger partial charge >= 0.3 is 6.18 Å². The Morgan fingerprint density at radius 1 is 1.12 bits per heavy atom. The largest absolute Gasteiger partial charge is 0.418 e. The second-order valence-corrected chi connectivity index (χ2v) is 5.67. The summed E-state index contributed by atoms with van der Waals surface area (Å²) in [7, 11) is 1.66. The van der Waals surface area contributed by atoms with E-state index in [-0.39, 0.29) is 11.4 Å². The van der Waals surface area contributed by atoms with Gasteiger partial charge in [0, 0.05) is 23.0 Å². The molecule has 0 atom stereocenters. The van der Waals surface area contributed by atoms with Gasteiger partial charge in [-0.25, -0.2) is 0 Å². The molecule has 3 aromatic rings. The van der Waals surface area contributed by atoms with Crippen LogP contribution in [0.15, 0.2) is 48.5 Å². The Kier molecular flexibility index (Phi) is 4.01. The molecule has 3 nitrogen and oxygen atoms in total. The van der Waals surface area contributed by atoms with Crippen LogP contribution in [0.2, 0.25) is 5.02 Å². The van der Waals surface area contributed by atoms with Crippen LogP contribution < -0.4 is 5.32 Å². The lowest BCUT2D eigenvalue weighted by Crippen LogP contribution is -2.18. The van der Waals surface area contributed by atoms with Crippen LogP contribution in [-0.4, -0.2) is 10.5 Å². The number of rotatable bonds is 2. The molecular formula is C17H12ClF3N2O. The SMILES string of the molecule is Cn1c(C(=O)Nc2ccccc2C(F)(F)F)cc2c(Cl)cccc21. The normalized spacial score (nSPS) is 11.7. The maximum Gasteiger partial charge on any atom is 0.418 e. The summed E-state index contributed by atoms with van der Waals surface area (Å²) in [4.78, 5) is 12.5. The molecule has 0 radical (unpaired) electrons. The van der Waals surface area contributed by atoms with E-state index in [1.807, 2.05) is 0 Å². The van der Waals surface area contributed by atoms with Crippen LogP contribution in [-0.2, 0) is 13.2 Å². The minimum Gasteiger partial charge on any atom is -0.340 e. The van der Waals surface area contributed by atoms with Crippen molar-refractivity contribution in [3.05, 3.63) is 64.8 Å². The minimum absolute atomic E-state index is 0.218. The van der Waals surface area contributed by atoms with E-state index >= 15 is 0 Å². The number of para-hydroxylation sites is 1. The molecule has 124 valence electrons. The predicted octanol–water partition coefficient (Wildman–Crippen LogP) is 5.10. The number of hydrogen-bond acceptors (Lipinski definition) is 1. The molecule has 1 N–H and O–H groups in total. The van der Waals surface area contributed by atoms with E-state index in [0.29, 0.717) is 10.4 Å². The topological polar surface area (TPSA) is 34.0 Å². The Morgan fingerprint density at radius 2 is 1.83 bits per heavy atom. The van der Waals surface area contributed by atoms with Crippen LogP contribution in [0.5, 0.6) is 0 Å². The van der Waals surface area contributed by atoms with Crippen molar-refractivity contribution < 1.29 is 18.0 Å². The zero-order chi connectivity index (χ0) is 17.5. The molecule has 1 aromatic heterocycles. The Bertz CT molecular complexity index is 931. The molecule has 24 heavy (non-hydrogen) atoms. The highest BCUT2D eigenvalue weighted by molar-refractivity contribution is 6.35. The number of aromatic nitrogens is 1. The average Bonchev–Trinajstić information content (AvgIpc) is 2.86. The number of hydrogen-bond donors (Lipinski definition) is 1. The highest BCUT2D eigenvalue weighted by atomic mass is 35.5. The lowest BCUT2D eigenvalue weighted by atomic mass is 10.1. The Morgan fingerprint density at radius 3 is 2.50 bits per heavy atom. The maximum absolute atomic E-state index is 13.0. The van der Waals surface area contributed by atoms with E-state index in [4.69, 9.17) is 11.6 Å². The number of nitrogens with zero attached hydrogens (tertiary/aromatic N) is 1. The first kappa shape index (κ1) is 16.4. The van der Waals surface area contributed by atoms with Gasteiger partial charge in [-0.15, -0.1) is 0 Å². The predicted molar refractivity (Wildman–Crippen MR) is 87.3 cm³/mol. The second kappa shape index (κ2) is 5.87. The molecule has 0 fully saturated rings. The fourth-order valence-electron chi connectivity index (χ4n) is 2.57. The number of benzene rings is 2. The van der Waals surface area contributed by atoms with Gasteiger partial charge < -0.3 is 9.88 Å². The number of amides is 1. The third-order valence-corrected chi connectivity index (χ3v) is 4.08. The number of anilines is 1. The van der Waals surface area contributed by atoms with E-state index in [9.17, 15) is 18.0 Å². The molecule has 0 saturated carbocycles. The van der Waals surface area contributed by atoms with Crippen molar-refractivity contribution in [2.45, 2.75) is 6.18 Å². The average molecular weight is 353 g/mol. The van der Waals surface area contributed by atoms with Crippen molar-refractivity contribution in [3.63, 3.8) is 0 Å². The molecule has 0 bridgehead atoms. The molecule has 2 aromatic carbocycles. The molecule has 0 saturated heterocycles. The van der Waals surface area contributed by atoms with Crippen LogP contribution in [0.4, 0.5) is 18.9 Å². The van der Waals surface area contributed by atoms with E-state index < -0.39 is 17.6 Å². The van der Waals surface area contributed by atoms with Crippen LogP contribution in [0.25, 0.3) is 10.9 Å². The molecule has 3 rings (SSSR count). The van der Waals surface area contributed by atoms with Crippen LogP contribution in [0, 0.1) is 0 Å². The van der Waals surface area contributed by atoms with Gasteiger partial charge in [0.2, 0.25) is 0 Å². The Balaban J connectivity index is 2.00. The summed E-state index contributed by atoms with van der Waals surface area (Å²) in [5, 5.41) is 3.46. The number of nitrogens with one attached hydrogen (secondary N) is 1. The highest BCUT2D eigenvalue weighted by Gasteiger charge is 2.33. The van der Waals surface area contributed by atoms with Crippen molar-refractivity contribution in [3.8, 4) is 0 Å². The smallest absolute Gasteiger partial charge is 0.340 e. The molecule has 0 spiro atoms. The first-order valence-corrected chi connectivity index (χ1v) is 7.38. The zero-order valence-corrected chi connectivity index (χ0v) is 13.2. The number of aryl methyl sites for hydroxylation is 1. The van der Waals surface area contributed by atoms with Crippen LogP contribution in [0.3, 0.4) is 0 Å². The summed E-state index contributed by atoms with van der Waals surface area (Å²) in [6, 6.07) is 11.6. The summed E-state index contributed by atoms with van der Waals surface area (Å²) >= 11 is 6.10. The van der Waals surface area contributed by atoms with Gasteiger partial charge in [-0.1, -0.05) is 29.8 Å². The minimum atomic E-state index is -4.55. The summed E-state index contributed by atoms with van der Waals surface area (Å²) in [6.07, 6.45) is -4.55. The lowest BCUT2D eigenvalue weighted by Gasteiger charge is -2.13. The molecular weight excluding hydrogens is 341 g/mol. The summed E-state index contributed by atoms with van der Waals surface area (Å²) in [6.45, 7) is 0. The number of carbonyl (C=O) groups is 1. The highest BCUT2D eigenvalue weighted by Crippen LogP contribution is 2.35. The van der Waals surface area contributed by atoms with E-state index in [2.05, 4.69) is 5.32 Å². The number of fused-ring (bicyclic) bond motifs is 1. The zero-order valence-electron chi connectivity index (χ0n) is 12.5. The number of halogens is 4. The van der Waals surface area contributed by atoms with E-state index in [0.717, 1.165) is 11.6 Å². The molecule has 1 amide bonds. The fraction of sp³-hybridized carbons (Fsp3) is 0.118. The maximum atomic E-state index is 13.0. The van der Waals surface area contributed by atoms with Crippen molar-refractivity contribution in [1.82, 2.24) is 4.57 Å². The molecule has 0 unspecified atom stereocenters. The van der Waals surface area contributed by atoms with Crippen LogP contribution in [0.1, 0.15) is 16.1 Å². The van der Waals surface area contributed by atoms with Crippen molar-refractivity contribution >= 4 is 34.1 Å². The molecule has 0 aliphatic heterocycles. The van der Waals surface area contributed by atoms with Crippen molar-refractivity contribution in [2.75, 3.05) is 5.32 Å². The first-order valence-electron chi connectivity index (χ1n) is 7.00. The van der Waals surface area contributed by atoms with E-state index in [1.54, 1.807) is 35.9 Å². The second-order valence-electron chi connectivity index (χ2n) is 5.26. The van der Waals surface area contributed by atoms with Gasteiger partial charge in [0.05, 0.1) is 11.3 Å². The standard InChI is InChI=1S/C17H12ClF3N2O/c1-23-14-8-4-6-12(18)10(14)9-15(23)16(24)22-13-7-3-2-5-11(13)17(19,20)21/h2-9H,1H3,(H,22,24). The fourth-order valence-corrected chi connectivity index (χ4v) is 2.79. The van der Waals surface area contributed by atoms with Gasteiger partial charge in [0.25, 0.3) is 5.91 Å². The lowest BCUT2D eigenvalue weighted by molar-refractivity contribution is -0.136. The van der Waals surface area contributed by atoms with Gasteiger partial charge in [-0.2, -0.15) is 13.2 Å². The summed E-state index contributed by atoms with van der Waals surface area (Å²) < 4.78 is 40.7. The van der Waals surface area contributed by atoms with Gasteiger partial charge in [-0.05, 0) is 30.3 Å². The summed E-state index contributed by atoms with van der Waals surface area (Å²) in [5.41, 5.74) is -0.242. The van der Waals surface area contributed by atoms with Gasteiger partial charge in [-0.3, -0.25) is 4.79 Å². The molecule has 7 heteroatoms. The third-order valence-electron chi connectivity index (χ3n) is 3.75. The van der Waals surface area contributed by atoms with E-state index in [1.165, 1.54) is 18.2 Å².